The molecule has 42 heteroatoms. The highest BCUT2D eigenvalue weighted by Gasteiger charge is 2.38. The molecule has 0 radical (unpaired) electrons. The van der Waals surface area contributed by atoms with Crippen molar-refractivity contribution in [2.75, 3.05) is 24.1 Å². The number of carboxylic acids is 2. The second-order valence-corrected chi connectivity index (χ2v) is 29.5. The molecule has 0 spiro atoms. The molecule has 10 N–H and O–H groups in total. The van der Waals surface area contributed by atoms with Crippen molar-refractivity contribution in [2.45, 2.75) is 55.3 Å². The molecule has 98 heavy (non-hydrogen) atoms. The number of nitrogens with one attached hydrogen (secondary N) is 2. The third-order valence-electron chi connectivity index (χ3n) is 13.7. The first kappa shape index (κ1) is 73.2. The standard InChI is InChI=1S/C56H48N12O24S6/c1-29-51(63-61-43-19-17-39(93(77,78)57-3)27-41(43)55(73)74)53(71)67(65-29)37-15-11-33(47(25-37)97(87,88)89)7-5-31-9-13-35(23-45(31)95(81,82)83)59-49(69)21-22-50(70)60-36-14-10-32(46(24-36)96(84,85)86)6-8-34-12-16-38(26-48(34)98(90,91)92)68-54(72)52(30(2)66-68)64-62-44-20-18-40(94(79,80)58-4)28-42(44)56(75)76/h5-28,51-52,57-58H,1-4H3,(H,59,69)(H,60,70)(H,73,74)(H,75,76)(H,81,82,83)(H,84,85,86)(H,87,88,89)(H,90,91,92)/b7-5+,8-6+,22-21+,63-61?,64-62?. The Labute approximate surface area is 555 Å². The number of sulfonamides is 2. The number of hydrazone groups is 2. The van der Waals surface area contributed by atoms with Gasteiger partial charge in [-0.3, -0.25) is 27.8 Å². The maximum absolute atomic E-state index is 13.6. The highest BCUT2D eigenvalue weighted by Crippen LogP contribution is 2.35. The summed E-state index contributed by atoms with van der Waals surface area (Å²) < 4.78 is 195. The number of hydrogen-bond acceptors (Lipinski definition) is 24. The predicted octanol–water partition coefficient (Wildman–Crippen LogP) is 6.41. The minimum Gasteiger partial charge on any atom is -0.493 e. The van der Waals surface area contributed by atoms with Gasteiger partial charge in [-0.25, -0.2) is 45.9 Å². The van der Waals surface area contributed by atoms with E-state index in [1.165, 1.54) is 26.0 Å². The molecule has 6 aromatic rings. The highest BCUT2D eigenvalue weighted by atomic mass is 32.2. The molecule has 2 unspecified atom stereocenters. The van der Waals surface area contributed by atoms with Crippen LogP contribution in [-0.2, 0) is 70.1 Å². The Hall–Kier alpha value is -10.6. The maximum Gasteiger partial charge on any atom is 0.338 e. The first-order valence-electron chi connectivity index (χ1n) is 26.9. The van der Waals surface area contributed by atoms with Gasteiger partial charge in [0.05, 0.1) is 66.5 Å². The number of amides is 2. The highest BCUT2D eigenvalue weighted by molar-refractivity contribution is 7.90. The fraction of sp³-hybridized carbons (Fsp3) is 0.107. The van der Waals surface area contributed by atoms with Crippen molar-refractivity contribution < 1.29 is 108 Å². The molecule has 0 bridgehead atoms. The molecule has 36 nitrogen and oxygen atoms in total. The molecule has 0 aromatic heterocycles. The number of benzene rings is 6. The number of aliphatic hydroxyl groups is 2. The van der Waals surface area contributed by atoms with Gasteiger partial charge >= 0.3 is 11.9 Å². The number of azo groups is 2. The largest absolute Gasteiger partial charge is 0.493 e. The Bertz CT molecular complexity index is 5090. The summed E-state index contributed by atoms with van der Waals surface area (Å²) in [6.07, 6.45) is 5.46. The number of nitrogens with zero attached hydrogens (tertiary/aromatic N) is 10. The summed E-state index contributed by atoms with van der Waals surface area (Å²) in [5, 5.41) is 65.7. The molecular formula is C56H48N12O24S6. The quantitative estimate of drug-likeness (QED) is 0.0103. The van der Waals surface area contributed by atoms with Gasteiger partial charge in [-0.1, -0.05) is 48.6 Å². The first-order valence-corrected chi connectivity index (χ1v) is 35.6. The average molecular weight is 1470 g/mol. The van der Waals surface area contributed by atoms with E-state index in [4.69, 9.17) is 0 Å². The van der Waals surface area contributed by atoms with Crippen molar-refractivity contribution in [3.8, 4) is 0 Å². The Kier molecular flexibility index (Phi) is 21.1. The van der Waals surface area contributed by atoms with Gasteiger partial charge in [0.15, 0.2) is 12.1 Å². The van der Waals surface area contributed by atoms with Gasteiger partial charge in [0.1, 0.15) is 19.6 Å². The summed E-state index contributed by atoms with van der Waals surface area (Å²) in [6.45, 7) is 2.67. The lowest BCUT2D eigenvalue weighted by molar-refractivity contribution is -0.118. The SMILES string of the molecule is CNS(=O)(=O)c1ccc(N=NC2C(=O)N(c3ccc(/C=C/c4ccc(N=C(O)/C=C/C(O)=Nc5ccc(/C=C/c6ccc(N7N=C(C)C(N=Nc8ccc(S(=O)(=O)NC)cc8C(=O)O)C7=O)cc6S(=O)(=O)O)c(S(=O)(=O)O)c5)cc4S(=O)(=O)O)c(S(=O)(=O)O)c3)N=C2C)c(C(=O)O)c1. The number of anilines is 2. The van der Waals surface area contributed by atoms with Gasteiger partial charge in [0.25, 0.3) is 52.3 Å². The molecule has 6 aromatic carbocycles. The molecule has 2 atom stereocenters. The van der Waals surface area contributed by atoms with Crippen molar-refractivity contribution >= 4 is 166 Å². The topological polar surface area (TPSA) is 564 Å². The number of carboxylic acid groups (broad SMARTS) is 2. The molecule has 8 rings (SSSR count). The minimum absolute atomic E-state index is 0.0178. The van der Waals surface area contributed by atoms with Crippen LogP contribution in [0.1, 0.15) is 56.8 Å². The Morgan fingerprint density at radius 3 is 1.05 bits per heavy atom. The van der Waals surface area contributed by atoms with E-state index in [0.29, 0.717) is 10.0 Å². The molecule has 0 saturated heterocycles. The van der Waals surface area contributed by atoms with Gasteiger partial charge in [0, 0.05) is 12.2 Å². The second kappa shape index (κ2) is 28.2. The molecular weight excluding hydrogens is 1420 g/mol. The van der Waals surface area contributed by atoms with Crippen LogP contribution in [-0.4, -0.2) is 162 Å². The average Bonchev–Trinajstić information content (AvgIpc) is 1.54. The van der Waals surface area contributed by atoms with E-state index in [0.717, 1.165) is 148 Å². The summed E-state index contributed by atoms with van der Waals surface area (Å²) in [6, 6.07) is 14.8. The lowest BCUT2D eigenvalue weighted by Gasteiger charge is -2.14. The molecule has 0 aliphatic carbocycles. The van der Waals surface area contributed by atoms with E-state index in [1.54, 1.807) is 0 Å². The van der Waals surface area contributed by atoms with E-state index in [1.807, 2.05) is 9.44 Å². The van der Waals surface area contributed by atoms with E-state index in [-0.39, 0.29) is 67.8 Å². The van der Waals surface area contributed by atoms with Gasteiger partial charge < -0.3 is 20.4 Å². The van der Waals surface area contributed by atoms with Crippen LogP contribution in [0.2, 0.25) is 0 Å². The fourth-order valence-corrected chi connectivity index (χ4v) is 13.2. The van der Waals surface area contributed by atoms with Crippen molar-refractivity contribution in [3.63, 3.8) is 0 Å². The Balaban J connectivity index is 0.968. The Morgan fingerprint density at radius 2 is 0.755 bits per heavy atom. The van der Waals surface area contributed by atoms with E-state index >= 15 is 0 Å². The normalized spacial score (nSPS) is 16.4. The van der Waals surface area contributed by atoms with Crippen LogP contribution < -0.4 is 19.5 Å². The van der Waals surface area contributed by atoms with Crippen molar-refractivity contribution in [1.82, 2.24) is 9.44 Å². The van der Waals surface area contributed by atoms with Crippen molar-refractivity contribution in [2.24, 2.45) is 40.6 Å². The first-order chi connectivity index (χ1) is 45.6. The van der Waals surface area contributed by atoms with Crippen LogP contribution in [0, 0.1) is 0 Å². The lowest BCUT2D eigenvalue weighted by atomic mass is 10.1. The van der Waals surface area contributed by atoms with Crippen molar-refractivity contribution in [1.29, 1.82) is 0 Å². The zero-order valence-corrected chi connectivity index (χ0v) is 54.9. The molecule has 2 amide bonds. The number of carbonyl (C=O) groups excluding carboxylic acids is 2. The summed E-state index contributed by atoms with van der Waals surface area (Å²) in [7, 11) is -26.5. The zero-order chi connectivity index (χ0) is 72.4. The number of hydrogen-bond donors (Lipinski definition) is 10. The predicted molar refractivity (Wildman–Crippen MR) is 349 cm³/mol. The molecule has 0 saturated carbocycles. The summed E-state index contributed by atoms with van der Waals surface area (Å²) >= 11 is 0. The number of aliphatic imine (C=N–C) groups is 2. The van der Waals surface area contributed by atoms with Gasteiger partial charge in [0.2, 0.25) is 31.8 Å². The molecule has 2 heterocycles. The minimum atomic E-state index is -5.16. The maximum atomic E-state index is 13.6. The van der Waals surface area contributed by atoms with Crippen LogP contribution in [0.15, 0.2) is 191 Å². The fourth-order valence-electron chi connectivity index (χ4n) is 8.89. The van der Waals surface area contributed by atoms with Crippen LogP contribution >= 0.6 is 0 Å². The Morgan fingerprint density at radius 1 is 0.449 bits per heavy atom. The number of aromatic carboxylic acids is 2. The van der Waals surface area contributed by atoms with E-state index in [2.05, 4.69) is 40.6 Å². The molecule has 512 valence electrons. The molecule has 2 aliphatic rings. The second-order valence-electron chi connectivity index (χ2n) is 20.1. The van der Waals surface area contributed by atoms with Crippen LogP contribution in [0.5, 0.6) is 0 Å². The zero-order valence-electron chi connectivity index (χ0n) is 50.0. The van der Waals surface area contributed by atoms with Crippen LogP contribution in [0.25, 0.3) is 24.3 Å². The summed E-state index contributed by atoms with van der Waals surface area (Å²) in [5.41, 5.74) is -4.34. The van der Waals surface area contributed by atoms with E-state index < -0.39 is 149 Å². The monoisotopic (exact) mass is 1460 g/mol. The third-order valence-corrected chi connectivity index (χ3v) is 20.1. The van der Waals surface area contributed by atoms with Gasteiger partial charge in [-0.2, -0.15) is 74.3 Å². The van der Waals surface area contributed by atoms with Gasteiger partial charge in [-0.05, 0) is 135 Å². The summed E-state index contributed by atoms with van der Waals surface area (Å²) in [5.74, 6) is -6.90. The van der Waals surface area contributed by atoms with Crippen LogP contribution in [0.4, 0.5) is 34.1 Å². The summed E-state index contributed by atoms with van der Waals surface area (Å²) in [4.78, 5) is 54.4. The number of carbonyl (C=O) groups is 4. The van der Waals surface area contributed by atoms with Crippen molar-refractivity contribution in [3.05, 3.63) is 155 Å². The number of rotatable bonds is 24. The van der Waals surface area contributed by atoms with Crippen LogP contribution in [0.3, 0.4) is 0 Å². The third kappa shape index (κ3) is 16.8. The molecule has 0 fully saturated rings. The van der Waals surface area contributed by atoms with E-state index in [9.17, 15) is 108 Å². The lowest BCUT2D eigenvalue weighted by Crippen LogP contribution is -2.29. The smallest absolute Gasteiger partial charge is 0.338 e. The molecule has 2 aliphatic heterocycles. The number of aliphatic hydroxyl groups excluding tert-OH is 2. The van der Waals surface area contributed by atoms with Gasteiger partial charge in [-0.15, -0.1) is 0 Å².